The van der Waals surface area contributed by atoms with Gasteiger partial charge in [0.2, 0.25) is 0 Å². The first-order chi connectivity index (χ1) is 9.67. The van der Waals surface area contributed by atoms with Gasteiger partial charge in [-0.1, -0.05) is 36.8 Å². The summed E-state index contributed by atoms with van der Waals surface area (Å²) >= 11 is 1.84. The van der Waals surface area contributed by atoms with Crippen molar-refractivity contribution in [3.8, 4) is 0 Å². The number of guanidine groups is 1. The SMILES string of the molecule is CCNC(=NCC(C)c1ccc(C)cc1)NCCSC. The van der Waals surface area contributed by atoms with Crippen molar-refractivity contribution < 1.29 is 0 Å². The van der Waals surface area contributed by atoms with Gasteiger partial charge in [-0.2, -0.15) is 11.8 Å². The van der Waals surface area contributed by atoms with Crippen LogP contribution in [0.4, 0.5) is 0 Å². The van der Waals surface area contributed by atoms with Crippen LogP contribution in [0.2, 0.25) is 0 Å². The molecule has 2 N–H and O–H groups in total. The molecule has 3 nitrogen and oxygen atoms in total. The van der Waals surface area contributed by atoms with Crippen LogP contribution in [-0.4, -0.2) is 37.6 Å². The van der Waals surface area contributed by atoms with E-state index in [-0.39, 0.29) is 0 Å². The first-order valence-electron chi connectivity index (χ1n) is 7.25. The highest BCUT2D eigenvalue weighted by atomic mass is 32.2. The number of nitrogens with one attached hydrogen (secondary N) is 2. The molecule has 0 saturated heterocycles. The molecule has 0 bridgehead atoms. The van der Waals surface area contributed by atoms with Crippen molar-refractivity contribution in [2.45, 2.75) is 26.7 Å². The van der Waals surface area contributed by atoms with E-state index in [9.17, 15) is 0 Å². The molecule has 0 radical (unpaired) electrons. The van der Waals surface area contributed by atoms with Crippen LogP contribution in [0, 0.1) is 6.92 Å². The van der Waals surface area contributed by atoms with Crippen LogP contribution in [0.15, 0.2) is 29.3 Å². The lowest BCUT2D eigenvalue weighted by Gasteiger charge is -2.13. The Labute approximate surface area is 127 Å². The van der Waals surface area contributed by atoms with E-state index in [0.717, 1.165) is 31.3 Å². The third-order valence-corrected chi connectivity index (χ3v) is 3.72. The van der Waals surface area contributed by atoms with Crippen molar-refractivity contribution in [1.82, 2.24) is 10.6 Å². The highest BCUT2D eigenvalue weighted by Gasteiger charge is 2.05. The number of aryl methyl sites for hydroxylation is 1. The zero-order valence-corrected chi connectivity index (χ0v) is 13.9. The molecule has 0 spiro atoms. The number of thioether (sulfide) groups is 1. The molecule has 0 amide bonds. The molecular weight excluding hydrogens is 266 g/mol. The Bertz CT molecular complexity index is 401. The van der Waals surface area contributed by atoms with Crippen molar-refractivity contribution in [2.75, 3.05) is 31.6 Å². The molecular formula is C16H27N3S. The predicted molar refractivity (Wildman–Crippen MR) is 92.0 cm³/mol. The van der Waals surface area contributed by atoms with Crippen LogP contribution < -0.4 is 10.6 Å². The normalized spacial score (nSPS) is 13.1. The fourth-order valence-corrected chi connectivity index (χ4v) is 2.15. The lowest BCUT2D eigenvalue weighted by molar-refractivity contribution is 0.754. The Morgan fingerprint density at radius 2 is 1.95 bits per heavy atom. The van der Waals surface area contributed by atoms with Gasteiger partial charge < -0.3 is 10.6 Å². The minimum Gasteiger partial charge on any atom is -0.357 e. The molecule has 1 unspecified atom stereocenters. The quantitative estimate of drug-likeness (QED) is 0.461. The van der Waals surface area contributed by atoms with Gasteiger partial charge in [-0.3, -0.25) is 4.99 Å². The summed E-state index contributed by atoms with van der Waals surface area (Å²) in [5.41, 5.74) is 2.65. The summed E-state index contributed by atoms with van der Waals surface area (Å²) in [4.78, 5) is 4.67. The van der Waals surface area contributed by atoms with Gasteiger partial charge in [-0.25, -0.2) is 0 Å². The maximum absolute atomic E-state index is 4.67. The van der Waals surface area contributed by atoms with Gasteiger partial charge in [0.1, 0.15) is 0 Å². The standard InChI is InChI=1S/C16H27N3S/c1-5-17-16(18-10-11-20-4)19-12-14(3)15-8-6-13(2)7-9-15/h6-9,14H,5,10-12H2,1-4H3,(H2,17,18,19). The van der Waals surface area contributed by atoms with Crippen LogP contribution in [0.1, 0.15) is 30.9 Å². The maximum Gasteiger partial charge on any atom is 0.191 e. The molecule has 20 heavy (non-hydrogen) atoms. The highest BCUT2D eigenvalue weighted by Crippen LogP contribution is 2.15. The Morgan fingerprint density at radius 3 is 2.55 bits per heavy atom. The van der Waals surface area contributed by atoms with Gasteiger partial charge >= 0.3 is 0 Å². The molecule has 1 aromatic carbocycles. The van der Waals surface area contributed by atoms with E-state index >= 15 is 0 Å². The maximum atomic E-state index is 4.67. The van der Waals surface area contributed by atoms with Gasteiger partial charge in [0.05, 0.1) is 0 Å². The Hall–Kier alpha value is -1.16. The van der Waals surface area contributed by atoms with E-state index in [0.29, 0.717) is 5.92 Å². The summed E-state index contributed by atoms with van der Waals surface area (Å²) in [6, 6.07) is 8.72. The number of rotatable bonds is 7. The number of hydrogen-bond acceptors (Lipinski definition) is 2. The molecule has 0 aliphatic carbocycles. The van der Waals surface area contributed by atoms with Crippen LogP contribution in [0.3, 0.4) is 0 Å². The lowest BCUT2D eigenvalue weighted by atomic mass is 10.0. The van der Waals surface area contributed by atoms with E-state index in [4.69, 9.17) is 0 Å². The zero-order valence-electron chi connectivity index (χ0n) is 13.1. The third kappa shape index (κ3) is 6.33. The number of benzene rings is 1. The number of nitrogens with zero attached hydrogens (tertiary/aromatic N) is 1. The molecule has 0 aromatic heterocycles. The smallest absolute Gasteiger partial charge is 0.191 e. The van der Waals surface area contributed by atoms with Crippen molar-refractivity contribution in [2.24, 2.45) is 4.99 Å². The monoisotopic (exact) mass is 293 g/mol. The van der Waals surface area contributed by atoms with Gasteiger partial charge in [-0.05, 0) is 25.7 Å². The van der Waals surface area contributed by atoms with Crippen LogP contribution in [-0.2, 0) is 0 Å². The fourth-order valence-electron chi connectivity index (χ4n) is 1.84. The lowest BCUT2D eigenvalue weighted by Crippen LogP contribution is -2.38. The Morgan fingerprint density at radius 1 is 1.25 bits per heavy atom. The zero-order chi connectivity index (χ0) is 14.8. The number of hydrogen-bond donors (Lipinski definition) is 2. The second kappa shape index (κ2) is 9.70. The third-order valence-electron chi connectivity index (χ3n) is 3.11. The highest BCUT2D eigenvalue weighted by molar-refractivity contribution is 7.98. The van der Waals surface area contributed by atoms with Crippen LogP contribution >= 0.6 is 11.8 Å². The van der Waals surface area contributed by atoms with E-state index in [1.165, 1.54) is 11.1 Å². The molecule has 112 valence electrons. The predicted octanol–water partition coefficient (Wildman–Crippen LogP) is 3.02. The van der Waals surface area contributed by atoms with Crippen LogP contribution in [0.5, 0.6) is 0 Å². The van der Waals surface area contributed by atoms with Crippen molar-refractivity contribution >= 4 is 17.7 Å². The van der Waals surface area contributed by atoms with Crippen molar-refractivity contribution in [3.63, 3.8) is 0 Å². The molecule has 1 rings (SSSR count). The topological polar surface area (TPSA) is 36.4 Å². The summed E-state index contributed by atoms with van der Waals surface area (Å²) in [5.74, 6) is 2.45. The molecule has 0 fully saturated rings. The van der Waals surface area contributed by atoms with Crippen molar-refractivity contribution in [3.05, 3.63) is 35.4 Å². The van der Waals surface area contributed by atoms with E-state index in [1.54, 1.807) is 0 Å². The summed E-state index contributed by atoms with van der Waals surface area (Å²) in [6.07, 6.45) is 2.12. The molecule has 1 atom stereocenters. The first-order valence-corrected chi connectivity index (χ1v) is 8.64. The summed E-state index contributed by atoms with van der Waals surface area (Å²) in [7, 11) is 0. The molecule has 0 heterocycles. The van der Waals surface area contributed by atoms with Gasteiger partial charge in [0.15, 0.2) is 5.96 Å². The van der Waals surface area contributed by atoms with E-state index < -0.39 is 0 Å². The largest absolute Gasteiger partial charge is 0.357 e. The van der Waals surface area contributed by atoms with Crippen molar-refractivity contribution in [1.29, 1.82) is 0 Å². The first kappa shape index (κ1) is 16.9. The Balaban J connectivity index is 2.54. The number of aliphatic imine (C=N–C) groups is 1. The summed E-state index contributed by atoms with van der Waals surface area (Å²) in [5, 5.41) is 6.64. The summed E-state index contributed by atoms with van der Waals surface area (Å²) in [6.45, 7) is 9.08. The average molecular weight is 293 g/mol. The second-order valence-corrected chi connectivity index (χ2v) is 5.94. The van der Waals surface area contributed by atoms with E-state index in [2.05, 4.69) is 66.9 Å². The van der Waals surface area contributed by atoms with Gasteiger partial charge in [0.25, 0.3) is 0 Å². The minimum absolute atomic E-state index is 0.437. The van der Waals surface area contributed by atoms with Gasteiger partial charge in [-0.15, -0.1) is 0 Å². The van der Waals surface area contributed by atoms with Crippen LogP contribution in [0.25, 0.3) is 0 Å². The minimum atomic E-state index is 0.437. The summed E-state index contributed by atoms with van der Waals surface area (Å²) < 4.78 is 0. The second-order valence-electron chi connectivity index (χ2n) is 4.95. The molecule has 1 aromatic rings. The van der Waals surface area contributed by atoms with E-state index in [1.807, 2.05) is 11.8 Å². The molecule has 0 aliphatic heterocycles. The molecule has 0 saturated carbocycles. The molecule has 4 heteroatoms. The average Bonchev–Trinajstić information content (AvgIpc) is 2.45. The van der Waals surface area contributed by atoms with Gasteiger partial charge in [0, 0.05) is 31.3 Å². The fraction of sp³-hybridized carbons (Fsp3) is 0.562. The molecule has 0 aliphatic rings. The Kier molecular flexibility index (Phi) is 8.19.